The number of nitrogens with one attached hydrogen (secondary N) is 1. The van der Waals surface area contributed by atoms with Crippen molar-refractivity contribution in [3.63, 3.8) is 0 Å². The Morgan fingerprint density at radius 1 is 1.30 bits per heavy atom. The summed E-state index contributed by atoms with van der Waals surface area (Å²) >= 11 is 0. The number of hydrogen-bond acceptors (Lipinski definition) is 5. The number of aromatic amines is 1. The molecular formula is C20H22F3N3O4. The smallest absolute Gasteiger partial charge is 0.431 e. The predicted molar refractivity (Wildman–Crippen MR) is 103 cm³/mol. The fraction of sp³-hybridized carbons (Fsp3) is 0.400. The summed E-state index contributed by atoms with van der Waals surface area (Å²) in [6, 6.07) is 7.07. The number of pyridine rings is 1. The minimum absolute atomic E-state index is 0.0579. The molecule has 1 amide bonds. The molecule has 2 atom stereocenters. The number of alkyl halides is 3. The second-order valence-electron chi connectivity index (χ2n) is 7.20. The first-order valence-electron chi connectivity index (χ1n) is 9.25. The number of nitrogens with zero attached hydrogens (tertiary/aromatic N) is 1. The standard InChI is InChI=1S/C20H22F3N3O4/c1-11-8-29-9-13(26(11)2)10-30-14-5-3-12(4-6-14)15-7-16(18(24)27)19(28)25-17(15)20(21,22)23/h3-7,11,13H,8-10H2,1-2H3,(H2,24,27)(H,25,28)/t11-,13?/m0/s1. The number of aromatic nitrogens is 1. The average Bonchev–Trinajstić information content (AvgIpc) is 2.68. The van der Waals surface area contributed by atoms with Crippen LogP contribution in [0.1, 0.15) is 23.0 Å². The first-order chi connectivity index (χ1) is 14.1. The van der Waals surface area contributed by atoms with Crippen molar-refractivity contribution in [3.8, 4) is 16.9 Å². The van der Waals surface area contributed by atoms with Crippen LogP contribution in [-0.4, -0.2) is 54.7 Å². The van der Waals surface area contributed by atoms with Gasteiger partial charge in [-0.05, 0) is 37.7 Å². The van der Waals surface area contributed by atoms with Gasteiger partial charge in [-0.15, -0.1) is 0 Å². The van der Waals surface area contributed by atoms with Crippen molar-refractivity contribution in [2.24, 2.45) is 5.73 Å². The van der Waals surface area contributed by atoms with Gasteiger partial charge in [0.25, 0.3) is 11.5 Å². The van der Waals surface area contributed by atoms with Crippen LogP contribution in [0.3, 0.4) is 0 Å². The number of carbonyl (C=O) groups is 1. The molecule has 3 N–H and O–H groups in total. The summed E-state index contributed by atoms with van der Waals surface area (Å²) in [5.41, 5.74) is 1.92. The van der Waals surface area contributed by atoms with E-state index in [2.05, 4.69) is 4.90 Å². The van der Waals surface area contributed by atoms with Crippen LogP contribution in [0.25, 0.3) is 11.1 Å². The Morgan fingerprint density at radius 3 is 2.57 bits per heavy atom. The number of amides is 1. The molecule has 30 heavy (non-hydrogen) atoms. The molecule has 2 aromatic rings. The number of rotatable bonds is 5. The molecule has 2 heterocycles. The number of halogens is 3. The lowest BCUT2D eigenvalue weighted by atomic mass is 10.0. The maximum Gasteiger partial charge on any atom is 0.431 e. The molecule has 162 valence electrons. The molecule has 1 aliphatic rings. The Morgan fingerprint density at radius 2 is 1.97 bits per heavy atom. The van der Waals surface area contributed by atoms with Crippen molar-refractivity contribution in [1.29, 1.82) is 0 Å². The van der Waals surface area contributed by atoms with Gasteiger partial charge in [-0.3, -0.25) is 14.5 Å². The largest absolute Gasteiger partial charge is 0.492 e. The molecule has 1 aromatic heterocycles. The second-order valence-corrected chi connectivity index (χ2v) is 7.20. The fourth-order valence-corrected chi connectivity index (χ4v) is 3.22. The number of H-pyrrole nitrogens is 1. The van der Waals surface area contributed by atoms with Crippen LogP contribution in [0, 0.1) is 0 Å². The molecule has 1 aliphatic heterocycles. The van der Waals surface area contributed by atoms with Gasteiger partial charge >= 0.3 is 6.18 Å². The van der Waals surface area contributed by atoms with E-state index in [-0.39, 0.29) is 23.2 Å². The molecule has 0 bridgehead atoms. The highest BCUT2D eigenvalue weighted by molar-refractivity contribution is 5.93. The summed E-state index contributed by atoms with van der Waals surface area (Å²) in [5.74, 6) is -0.641. The zero-order valence-corrected chi connectivity index (χ0v) is 16.5. The molecule has 0 radical (unpaired) electrons. The number of primary amides is 1. The van der Waals surface area contributed by atoms with Gasteiger partial charge in [-0.1, -0.05) is 12.1 Å². The second kappa shape index (κ2) is 8.49. The molecule has 1 fully saturated rings. The highest BCUT2D eigenvalue weighted by Crippen LogP contribution is 2.35. The van der Waals surface area contributed by atoms with Crippen molar-refractivity contribution in [2.45, 2.75) is 25.2 Å². The molecule has 1 unspecified atom stereocenters. The normalized spacial score (nSPS) is 20.2. The molecule has 0 spiro atoms. The SMILES string of the molecule is C[C@H]1COCC(COc2ccc(-c3cc(C(N)=O)c(=O)[nH]c3C(F)(F)F)cc2)N1C. The van der Waals surface area contributed by atoms with Gasteiger partial charge in [-0.2, -0.15) is 13.2 Å². The lowest BCUT2D eigenvalue weighted by molar-refractivity contribution is -0.140. The summed E-state index contributed by atoms with van der Waals surface area (Å²) in [5, 5.41) is 0. The van der Waals surface area contributed by atoms with Crippen LogP contribution in [0.4, 0.5) is 13.2 Å². The minimum atomic E-state index is -4.82. The van der Waals surface area contributed by atoms with Gasteiger partial charge in [0.15, 0.2) is 0 Å². The Balaban J connectivity index is 1.84. The van der Waals surface area contributed by atoms with E-state index in [1.807, 2.05) is 14.0 Å². The van der Waals surface area contributed by atoms with E-state index in [0.29, 0.717) is 25.6 Å². The quantitative estimate of drug-likeness (QED) is 0.766. The summed E-state index contributed by atoms with van der Waals surface area (Å²) in [7, 11) is 1.98. The average molecular weight is 425 g/mol. The molecule has 7 nitrogen and oxygen atoms in total. The van der Waals surface area contributed by atoms with Crippen LogP contribution in [0.5, 0.6) is 5.75 Å². The number of nitrogens with two attached hydrogens (primary N) is 1. The van der Waals surface area contributed by atoms with Crippen LogP contribution < -0.4 is 16.0 Å². The summed E-state index contributed by atoms with van der Waals surface area (Å²) in [6.07, 6.45) is -4.82. The van der Waals surface area contributed by atoms with Crippen molar-refractivity contribution in [2.75, 3.05) is 26.9 Å². The van der Waals surface area contributed by atoms with Crippen LogP contribution >= 0.6 is 0 Å². The zero-order valence-electron chi connectivity index (χ0n) is 16.5. The number of hydrogen-bond donors (Lipinski definition) is 2. The van der Waals surface area contributed by atoms with Crippen molar-refractivity contribution < 1.29 is 27.4 Å². The minimum Gasteiger partial charge on any atom is -0.492 e. The topological polar surface area (TPSA) is 97.6 Å². The number of benzene rings is 1. The lowest BCUT2D eigenvalue weighted by Gasteiger charge is -2.37. The lowest BCUT2D eigenvalue weighted by Crippen LogP contribution is -2.51. The van der Waals surface area contributed by atoms with E-state index >= 15 is 0 Å². The van der Waals surface area contributed by atoms with E-state index in [4.69, 9.17) is 15.2 Å². The van der Waals surface area contributed by atoms with Gasteiger partial charge in [0.1, 0.15) is 23.6 Å². The Hall–Kier alpha value is -2.85. The molecule has 1 aromatic carbocycles. The number of morpholine rings is 1. The van der Waals surface area contributed by atoms with E-state index in [9.17, 15) is 22.8 Å². The van der Waals surface area contributed by atoms with E-state index in [1.54, 1.807) is 4.98 Å². The number of likely N-dealkylation sites (N-methyl/N-ethyl adjacent to an activating group) is 1. The van der Waals surface area contributed by atoms with Gasteiger partial charge in [0, 0.05) is 11.6 Å². The van der Waals surface area contributed by atoms with E-state index in [0.717, 1.165) is 6.07 Å². The van der Waals surface area contributed by atoms with Crippen molar-refractivity contribution >= 4 is 5.91 Å². The van der Waals surface area contributed by atoms with Gasteiger partial charge in [0.05, 0.1) is 19.3 Å². The maximum absolute atomic E-state index is 13.4. The zero-order chi connectivity index (χ0) is 22.1. The van der Waals surface area contributed by atoms with Crippen LogP contribution in [-0.2, 0) is 10.9 Å². The maximum atomic E-state index is 13.4. The predicted octanol–water partition coefficient (Wildman–Crippen LogP) is 2.26. The van der Waals surface area contributed by atoms with Crippen LogP contribution in [0.2, 0.25) is 0 Å². The van der Waals surface area contributed by atoms with Gasteiger partial charge in [0.2, 0.25) is 0 Å². The first-order valence-corrected chi connectivity index (χ1v) is 9.25. The highest BCUT2D eigenvalue weighted by Gasteiger charge is 2.36. The molecule has 0 saturated carbocycles. The van der Waals surface area contributed by atoms with E-state index < -0.39 is 28.9 Å². The molecular weight excluding hydrogens is 403 g/mol. The fourth-order valence-electron chi connectivity index (χ4n) is 3.22. The number of ether oxygens (including phenoxy) is 2. The summed E-state index contributed by atoms with van der Waals surface area (Å²) in [4.78, 5) is 27.0. The summed E-state index contributed by atoms with van der Waals surface area (Å²) in [6.45, 7) is 3.58. The van der Waals surface area contributed by atoms with Gasteiger partial charge < -0.3 is 20.2 Å². The van der Waals surface area contributed by atoms with Crippen LogP contribution in [0.15, 0.2) is 35.1 Å². The Kier molecular flexibility index (Phi) is 6.18. The first kappa shape index (κ1) is 21.8. The third-order valence-electron chi connectivity index (χ3n) is 5.14. The molecule has 1 saturated heterocycles. The monoisotopic (exact) mass is 425 g/mol. The number of carbonyl (C=O) groups excluding carboxylic acids is 1. The Bertz CT molecular complexity index is 973. The highest BCUT2D eigenvalue weighted by atomic mass is 19.4. The molecule has 0 aliphatic carbocycles. The van der Waals surface area contributed by atoms with E-state index in [1.165, 1.54) is 24.3 Å². The molecule has 10 heteroatoms. The van der Waals surface area contributed by atoms with Crippen molar-refractivity contribution in [1.82, 2.24) is 9.88 Å². The summed E-state index contributed by atoms with van der Waals surface area (Å²) < 4.78 is 51.5. The molecule has 3 rings (SSSR count). The Labute approximate surface area is 170 Å². The third kappa shape index (κ3) is 4.65. The van der Waals surface area contributed by atoms with Gasteiger partial charge in [-0.25, -0.2) is 0 Å². The third-order valence-corrected chi connectivity index (χ3v) is 5.14. The van der Waals surface area contributed by atoms with Crippen molar-refractivity contribution in [3.05, 3.63) is 51.9 Å².